The molecule has 0 rings (SSSR count). The van der Waals surface area contributed by atoms with Crippen LogP contribution in [0.2, 0.25) is 0 Å². The van der Waals surface area contributed by atoms with Crippen LogP contribution in [0.15, 0.2) is 0 Å². The van der Waals surface area contributed by atoms with Gasteiger partial charge in [0.1, 0.15) is 0 Å². The smallest absolute Gasteiger partial charge is 0.267 e. The fraction of sp³-hybridized carbons (Fsp3) is 1.00. The lowest BCUT2D eigenvalue weighted by Gasteiger charge is -2.06. The molecule has 0 radical (unpaired) electrons. The maximum absolute atomic E-state index is 10.9. The van der Waals surface area contributed by atoms with Crippen LogP contribution in [0.1, 0.15) is 20.3 Å². The molecule has 3 nitrogen and oxygen atoms in total. The Morgan fingerprint density at radius 3 is 2.36 bits per heavy atom. The Morgan fingerprint density at radius 1 is 1.45 bits per heavy atom. The lowest BCUT2D eigenvalue weighted by molar-refractivity contribution is 0.249. The molecule has 0 bridgehead atoms. The van der Waals surface area contributed by atoms with Gasteiger partial charge < -0.3 is 0 Å². The van der Waals surface area contributed by atoms with Gasteiger partial charge in [-0.3, -0.25) is 4.18 Å². The molecule has 0 heterocycles. The van der Waals surface area contributed by atoms with Gasteiger partial charge in [0.25, 0.3) is 10.1 Å². The fourth-order valence-corrected chi connectivity index (χ4v) is 2.05. The third-order valence-corrected chi connectivity index (χ3v) is 2.60. The second kappa shape index (κ2) is 4.95. The van der Waals surface area contributed by atoms with E-state index in [1.807, 2.05) is 0 Å². The first-order valence-electron chi connectivity index (χ1n) is 3.45. The van der Waals surface area contributed by atoms with Gasteiger partial charge in [-0.2, -0.15) is 8.42 Å². The Bertz CT molecular complexity index is 186. The van der Waals surface area contributed by atoms with E-state index >= 15 is 0 Å². The lowest BCUT2D eigenvalue weighted by atomic mass is 10.5. The van der Waals surface area contributed by atoms with E-state index in [0.717, 1.165) is 0 Å². The Hall–Kier alpha value is 0.200. The molecule has 0 fully saturated rings. The minimum atomic E-state index is -3.33. The number of hydrogen-bond donors (Lipinski definition) is 0. The summed E-state index contributed by atoms with van der Waals surface area (Å²) in [5.41, 5.74) is 0. The van der Waals surface area contributed by atoms with E-state index in [-0.39, 0.29) is 11.9 Å². The first-order chi connectivity index (χ1) is 4.98. The van der Waals surface area contributed by atoms with Crippen LogP contribution in [-0.4, -0.2) is 26.2 Å². The van der Waals surface area contributed by atoms with Crippen molar-refractivity contribution in [1.29, 1.82) is 0 Å². The zero-order valence-electron chi connectivity index (χ0n) is 6.71. The number of halogens is 1. The van der Waals surface area contributed by atoms with Gasteiger partial charge in [-0.15, -0.1) is 11.6 Å². The van der Waals surface area contributed by atoms with Gasteiger partial charge in [-0.25, -0.2) is 0 Å². The number of alkyl halides is 1. The van der Waals surface area contributed by atoms with Gasteiger partial charge in [-0.05, 0) is 20.3 Å². The Balaban J connectivity index is 3.82. The lowest BCUT2D eigenvalue weighted by Crippen LogP contribution is -2.15. The highest BCUT2D eigenvalue weighted by molar-refractivity contribution is 7.86. The average Bonchev–Trinajstić information content (AvgIpc) is 1.81. The quantitative estimate of drug-likeness (QED) is 0.498. The van der Waals surface area contributed by atoms with E-state index < -0.39 is 10.1 Å². The monoisotopic (exact) mass is 200 g/mol. The average molecular weight is 201 g/mol. The summed E-state index contributed by atoms with van der Waals surface area (Å²) in [4.78, 5) is 0. The van der Waals surface area contributed by atoms with Crippen LogP contribution in [-0.2, 0) is 14.3 Å². The highest BCUT2D eigenvalue weighted by atomic mass is 35.5. The van der Waals surface area contributed by atoms with Crippen molar-refractivity contribution in [2.75, 3.05) is 11.6 Å². The van der Waals surface area contributed by atoms with E-state index in [0.29, 0.717) is 12.3 Å². The molecule has 5 heteroatoms. The molecule has 0 aliphatic heterocycles. The normalized spacial score (nSPS) is 12.4. The van der Waals surface area contributed by atoms with Crippen LogP contribution in [0.5, 0.6) is 0 Å². The number of hydrogen-bond acceptors (Lipinski definition) is 3. The van der Waals surface area contributed by atoms with Gasteiger partial charge in [0, 0.05) is 5.88 Å². The Labute approximate surface area is 72.8 Å². The van der Waals surface area contributed by atoms with E-state index in [4.69, 9.17) is 11.6 Å². The van der Waals surface area contributed by atoms with Crippen molar-refractivity contribution < 1.29 is 12.6 Å². The van der Waals surface area contributed by atoms with Gasteiger partial charge in [0.2, 0.25) is 0 Å². The summed E-state index contributed by atoms with van der Waals surface area (Å²) in [6.07, 6.45) is 0.159. The van der Waals surface area contributed by atoms with Gasteiger partial charge in [0.05, 0.1) is 11.9 Å². The first kappa shape index (κ1) is 11.2. The summed E-state index contributed by atoms with van der Waals surface area (Å²) in [6.45, 7) is 3.36. The van der Waals surface area contributed by atoms with Gasteiger partial charge in [0.15, 0.2) is 0 Å². The van der Waals surface area contributed by atoms with Crippen LogP contribution in [0, 0.1) is 0 Å². The molecule has 0 spiro atoms. The topological polar surface area (TPSA) is 43.4 Å². The summed E-state index contributed by atoms with van der Waals surface area (Å²) in [6, 6.07) is 0. The summed E-state index contributed by atoms with van der Waals surface area (Å²) < 4.78 is 26.5. The van der Waals surface area contributed by atoms with Gasteiger partial charge in [-0.1, -0.05) is 0 Å². The van der Waals surface area contributed by atoms with Crippen LogP contribution in [0.25, 0.3) is 0 Å². The van der Waals surface area contributed by atoms with E-state index in [1.54, 1.807) is 13.8 Å². The zero-order valence-corrected chi connectivity index (χ0v) is 8.28. The highest BCUT2D eigenvalue weighted by Crippen LogP contribution is 2.01. The summed E-state index contributed by atoms with van der Waals surface area (Å²) in [7, 11) is -3.33. The number of rotatable bonds is 5. The molecule has 0 amide bonds. The predicted molar refractivity (Wildman–Crippen MR) is 45.3 cm³/mol. The van der Waals surface area contributed by atoms with Crippen LogP contribution < -0.4 is 0 Å². The molecule has 0 aromatic carbocycles. The molecule has 0 aromatic heterocycles. The minimum Gasteiger partial charge on any atom is -0.267 e. The maximum atomic E-state index is 10.9. The predicted octanol–water partition coefficient (Wildman–Crippen LogP) is 1.37. The molecular weight excluding hydrogens is 188 g/mol. The standard InChI is InChI=1S/C6H13ClO3S/c1-6(2)10-11(8,9)5-3-4-7/h6H,3-5H2,1-2H3. The second-order valence-corrected chi connectivity index (χ2v) is 4.54. The minimum absolute atomic E-state index is 0.00861. The highest BCUT2D eigenvalue weighted by Gasteiger charge is 2.11. The van der Waals surface area contributed by atoms with Crippen LogP contribution in [0.3, 0.4) is 0 Å². The molecular formula is C6H13ClO3S. The molecule has 68 valence electrons. The third-order valence-electron chi connectivity index (χ3n) is 0.867. The Morgan fingerprint density at radius 2 is 2.00 bits per heavy atom. The molecule has 0 unspecified atom stereocenters. The summed E-state index contributed by atoms with van der Waals surface area (Å²) in [5, 5.41) is 0. The van der Waals surface area contributed by atoms with Crippen LogP contribution >= 0.6 is 11.6 Å². The molecule has 0 saturated heterocycles. The first-order valence-corrected chi connectivity index (χ1v) is 5.56. The molecule has 11 heavy (non-hydrogen) atoms. The zero-order chi connectivity index (χ0) is 8.91. The summed E-state index contributed by atoms with van der Waals surface area (Å²) in [5.74, 6) is 0.357. The fourth-order valence-electron chi connectivity index (χ4n) is 0.573. The molecule has 0 aliphatic carbocycles. The largest absolute Gasteiger partial charge is 0.267 e. The van der Waals surface area contributed by atoms with Crippen LogP contribution in [0.4, 0.5) is 0 Å². The van der Waals surface area contributed by atoms with Crippen molar-refractivity contribution in [3.63, 3.8) is 0 Å². The Kier molecular flexibility index (Phi) is 5.04. The molecule has 0 saturated carbocycles. The second-order valence-electron chi connectivity index (χ2n) is 2.45. The SMILES string of the molecule is CC(C)OS(=O)(=O)CCCCl. The van der Waals surface area contributed by atoms with Crippen molar-refractivity contribution in [3.8, 4) is 0 Å². The van der Waals surface area contributed by atoms with Gasteiger partial charge >= 0.3 is 0 Å². The molecule has 0 aliphatic rings. The third kappa shape index (κ3) is 6.59. The summed E-state index contributed by atoms with van der Waals surface area (Å²) >= 11 is 5.32. The van der Waals surface area contributed by atoms with Crippen molar-refractivity contribution >= 4 is 21.7 Å². The van der Waals surface area contributed by atoms with Crippen molar-refractivity contribution in [3.05, 3.63) is 0 Å². The van der Waals surface area contributed by atoms with E-state index in [1.165, 1.54) is 0 Å². The van der Waals surface area contributed by atoms with Crippen molar-refractivity contribution in [2.24, 2.45) is 0 Å². The molecule has 0 aromatic rings. The van der Waals surface area contributed by atoms with E-state index in [2.05, 4.69) is 4.18 Å². The van der Waals surface area contributed by atoms with Crippen molar-refractivity contribution in [2.45, 2.75) is 26.4 Å². The van der Waals surface area contributed by atoms with Crippen molar-refractivity contribution in [1.82, 2.24) is 0 Å². The molecule has 0 atom stereocenters. The maximum Gasteiger partial charge on any atom is 0.267 e. The molecule has 0 N–H and O–H groups in total. The van der Waals surface area contributed by atoms with E-state index in [9.17, 15) is 8.42 Å².